The second kappa shape index (κ2) is 16.9. The fraction of sp³-hybridized carbons (Fsp3) is 0.333. The van der Waals surface area contributed by atoms with E-state index in [-0.39, 0.29) is 35.8 Å². The normalized spacial score (nSPS) is 11.7. The number of hydrogen-bond acceptors (Lipinski definition) is 14. The van der Waals surface area contributed by atoms with E-state index in [1.807, 2.05) is 0 Å². The number of rotatable bonds is 15. The first kappa shape index (κ1) is 36.4. The van der Waals surface area contributed by atoms with Gasteiger partial charge in [-0.1, -0.05) is 12.1 Å². The summed E-state index contributed by atoms with van der Waals surface area (Å²) >= 11 is 0. The van der Waals surface area contributed by atoms with Crippen molar-refractivity contribution >= 4 is 47.8 Å². The quantitative estimate of drug-likeness (QED) is 0.208. The minimum absolute atomic E-state index is 0.0602. The van der Waals surface area contributed by atoms with Gasteiger partial charge in [-0.25, -0.2) is 9.59 Å². The number of esters is 6. The Balaban J connectivity index is 2.08. The molecule has 0 aliphatic heterocycles. The lowest BCUT2D eigenvalue weighted by Crippen LogP contribution is -2.45. The Hall–Kier alpha value is -5.80. The van der Waals surface area contributed by atoms with Gasteiger partial charge in [-0.05, 0) is 48.2 Å². The molecule has 46 heavy (non-hydrogen) atoms. The molecule has 2 atom stereocenters. The molecule has 16 heteroatoms. The number of aliphatic carboxylic acids is 2. The molecule has 0 unspecified atom stereocenters. The van der Waals surface area contributed by atoms with Crippen LogP contribution in [0.3, 0.4) is 0 Å². The summed E-state index contributed by atoms with van der Waals surface area (Å²) in [6.45, 7) is 4.50. The smallest absolute Gasteiger partial charge is 0.349 e. The molecule has 2 aromatic rings. The lowest BCUT2D eigenvalue weighted by Gasteiger charge is -2.21. The van der Waals surface area contributed by atoms with Gasteiger partial charge < -0.3 is 38.6 Å². The molecule has 16 nitrogen and oxygen atoms in total. The molecule has 0 heterocycles. The molecule has 0 aliphatic rings. The predicted octanol–water partition coefficient (Wildman–Crippen LogP) is 1.95. The third kappa shape index (κ3) is 12.1. The van der Waals surface area contributed by atoms with Gasteiger partial charge in [0.15, 0.2) is 23.0 Å². The predicted molar refractivity (Wildman–Crippen MR) is 150 cm³/mol. The van der Waals surface area contributed by atoms with E-state index in [0.29, 0.717) is 11.1 Å². The maximum Gasteiger partial charge on any atom is 0.349 e. The van der Waals surface area contributed by atoms with Gasteiger partial charge in [-0.2, -0.15) is 0 Å². The highest BCUT2D eigenvalue weighted by Crippen LogP contribution is 2.30. The van der Waals surface area contributed by atoms with E-state index in [2.05, 4.69) is 0 Å². The monoisotopic (exact) mass is 646 g/mol. The van der Waals surface area contributed by atoms with E-state index in [4.69, 9.17) is 28.4 Å². The van der Waals surface area contributed by atoms with Crippen molar-refractivity contribution in [1.29, 1.82) is 0 Å². The summed E-state index contributed by atoms with van der Waals surface area (Å²) in [6.07, 6.45) is -5.94. The van der Waals surface area contributed by atoms with Crippen molar-refractivity contribution < 1.29 is 77.0 Å². The van der Waals surface area contributed by atoms with E-state index in [9.17, 15) is 48.6 Å². The van der Waals surface area contributed by atoms with Crippen LogP contribution in [0, 0.1) is 0 Å². The molecule has 0 bridgehead atoms. The van der Waals surface area contributed by atoms with Crippen LogP contribution < -0.4 is 18.9 Å². The second-order valence-electron chi connectivity index (χ2n) is 9.43. The third-order valence-corrected chi connectivity index (χ3v) is 5.55. The van der Waals surface area contributed by atoms with Crippen molar-refractivity contribution in [1.82, 2.24) is 0 Å². The number of carbonyl (C=O) groups excluding carboxylic acids is 6. The number of carbonyl (C=O) groups is 8. The van der Waals surface area contributed by atoms with Crippen molar-refractivity contribution in [2.24, 2.45) is 0 Å². The number of benzene rings is 2. The van der Waals surface area contributed by atoms with Gasteiger partial charge in [0.25, 0.3) is 0 Å². The van der Waals surface area contributed by atoms with Gasteiger partial charge >= 0.3 is 47.8 Å². The van der Waals surface area contributed by atoms with Gasteiger partial charge in [0.2, 0.25) is 12.2 Å². The van der Waals surface area contributed by atoms with Gasteiger partial charge in [-0.15, -0.1) is 0 Å². The molecule has 0 saturated carbocycles. The molecular formula is C30H30O16. The Bertz CT molecular complexity index is 1410. The molecule has 0 radical (unpaired) electrons. The third-order valence-electron chi connectivity index (χ3n) is 5.55. The zero-order valence-electron chi connectivity index (χ0n) is 25.1. The number of aryl methyl sites for hydroxylation is 2. The molecular weight excluding hydrogens is 616 g/mol. The van der Waals surface area contributed by atoms with E-state index in [1.165, 1.54) is 36.4 Å². The van der Waals surface area contributed by atoms with Gasteiger partial charge in [0.1, 0.15) is 0 Å². The van der Waals surface area contributed by atoms with E-state index in [1.54, 1.807) is 0 Å². The highest BCUT2D eigenvalue weighted by atomic mass is 16.6. The summed E-state index contributed by atoms with van der Waals surface area (Å²) in [7, 11) is 0. The summed E-state index contributed by atoms with van der Waals surface area (Å²) in [4.78, 5) is 94.0. The van der Waals surface area contributed by atoms with Gasteiger partial charge in [0.05, 0.1) is 0 Å². The first-order chi connectivity index (χ1) is 21.5. The number of carboxylic acid groups (broad SMARTS) is 2. The maximum atomic E-state index is 12.5. The Labute approximate surface area is 261 Å². The highest BCUT2D eigenvalue weighted by molar-refractivity contribution is 5.88. The molecule has 0 amide bonds. The van der Waals surface area contributed by atoms with Gasteiger partial charge in [0, 0.05) is 40.5 Å². The lowest BCUT2D eigenvalue weighted by molar-refractivity contribution is -0.187. The number of hydrogen-bond donors (Lipinski definition) is 2. The highest BCUT2D eigenvalue weighted by Gasteiger charge is 2.40. The van der Waals surface area contributed by atoms with Crippen molar-refractivity contribution in [3.63, 3.8) is 0 Å². The summed E-state index contributed by atoms with van der Waals surface area (Å²) in [5.41, 5.74) is 0.768. The molecule has 2 rings (SSSR count). The van der Waals surface area contributed by atoms with Crippen LogP contribution in [0.25, 0.3) is 0 Å². The average Bonchev–Trinajstić information content (AvgIpc) is 2.93. The fourth-order valence-electron chi connectivity index (χ4n) is 3.74. The van der Waals surface area contributed by atoms with Crippen LogP contribution in [0.5, 0.6) is 23.0 Å². The van der Waals surface area contributed by atoms with E-state index >= 15 is 0 Å². The van der Waals surface area contributed by atoms with Crippen LogP contribution in [-0.2, 0) is 60.7 Å². The molecule has 0 aromatic heterocycles. The average molecular weight is 647 g/mol. The van der Waals surface area contributed by atoms with Gasteiger partial charge in [-0.3, -0.25) is 28.8 Å². The van der Waals surface area contributed by atoms with Crippen LogP contribution in [-0.4, -0.2) is 70.2 Å². The Morgan fingerprint density at radius 1 is 0.522 bits per heavy atom. The van der Waals surface area contributed by atoms with Crippen molar-refractivity contribution in [3.05, 3.63) is 47.5 Å². The molecule has 0 spiro atoms. The molecule has 0 fully saturated rings. The van der Waals surface area contributed by atoms with Crippen LogP contribution in [0.4, 0.5) is 0 Å². The standard InChI is InChI=1S/C30H30O16/c1-15(31)41-21-9-5-19(13-23(21)43-17(3)33)7-11-25(35)45-27(29(37)38)28(30(39)40)46-26(36)12-8-20-6-10-22(42-16(2)32)24(14-20)44-18(4)34/h5-6,9-10,13-14,27-28H,7-8,11-12H2,1-4H3,(H,37,38)(H,39,40)/t27-,28-/m0/s1. The van der Waals surface area contributed by atoms with Crippen molar-refractivity contribution in [2.75, 3.05) is 0 Å². The second-order valence-corrected chi connectivity index (χ2v) is 9.43. The Morgan fingerprint density at radius 3 is 1.11 bits per heavy atom. The summed E-state index contributed by atoms with van der Waals surface area (Å²) in [6, 6.07) is 8.12. The lowest BCUT2D eigenvalue weighted by atomic mass is 10.1. The molecule has 2 N–H and O–H groups in total. The zero-order valence-corrected chi connectivity index (χ0v) is 25.1. The molecule has 2 aromatic carbocycles. The molecule has 0 saturated heterocycles. The van der Waals surface area contributed by atoms with E-state index < -0.39 is 72.8 Å². The van der Waals surface area contributed by atoms with Crippen LogP contribution in [0.2, 0.25) is 0 Å². The number of ether oxygens (including phenoxy) is 6. The number of carboxylic acids is 2. The van der Waals surface area contributed by atoms with Crippen molar-refractivity contribution in [3.8, 4) is 23.0 Å². The fourth-order valence-corrected chi connectivity index (χ4v) is 3.74. The van der Waals surface area contributed by atoms with Crippen LogP contribution in [0.1, 0.15) is 51.7 Å². The van der Waals surface area contributed by atoms with Crippen LogP contribution in [0.15, 0.2) is 36.4 Å². The minimum atomic E-state index is -2.41. The Kier molecular flexibility index (Phi) is 13.4. The molecule has 246 valence electrons. The van der Waals surface area contributed by atoms with Crippen LogP contribution >= 0.6 is 0 Å². The minimum Gasteiger partial charge on any atom is -0.478 e. The maximum absolute atomic E-state index is 12.5. The summed E-state index contributed by atoms with van der Waals surface area (Å²) in [5, 5.41) is 19.1. The van der Waals surface area contributed by atoms with E-state index in [0.717, 1.165) is 27.7 Å². The Morgan fingerprint density at radius 2 is 0.826 bits per heavy atom. The zero-order chi connectivity index (χ0) is 34.6. The first-order valence-corrected chi connectivity index (χ1v) is 13.4. The summed E-state index contributed by atoms with van der Waals surface area (Å²) < 4.78 is 29.6. The topological polar surface area (TPSA) is 232 Å². The summed E-state index contributed by atoms with van der Waals surface area (Å²) in [5.74, 6) is -9.24. The SMILES string of the molecule is CC(=O)Oc1ccc(CCC(=O)O[C@H](C(=O)O)[C@H](OC(=O)CCc2ccc(OC(C)=O)c(OC(C)=O)c2)C(=O)O)cc1OC(C)=O. The van der Waals surface area contributed by atoms with Crippen molar-refractivity contribution in [2.45, 2.75) is 65.6 Å². The first-order valence-electron chi connectivity index (χ1n) is 13.4. The molecule has 0 aliphatic carbocycles. The largest absolute Gasteiger partial charge is 0.478 e.